The number of likely N-dealkylation sites (N-methyl/N-ethyl adjacent to an activating group) is 1. The molecule has 1 fully saturated rings. The third-order valence-corrected chi connectivity index (χ3v) is 5.02. The summed E-state index contributed by atoms with van der Waals surface area (Å²) in [4.78, 5) is 9.41. The Morgan fingerprint density at radius 1 is 1.32 bits per heavy atom. The van der Waals surface area contributed by atoms with E-state index in [2.05, 4.69) is 78.7 Å². The highest BCUT2D eigenvalue weighted by Gasteiger charge is 2.17. The molecule has 1 aromatic rings. The summed E-state index contributed by atoms with van der Waals surface area (Å²) in [6, 6.07) is 11.1. The van der Waals surface area contributed by atoms with E-state index in [0.29, 0.717) is 12.6 Å². The minimum Gasteiger partial charge on any atom is -0.374 e. The van der Waals surface area contributed by atoms with Crippen LogP contribution in [0.2, 0.25) is 0 Å². The summed E-state index contributed by atoms with van der Waals surface area (Å²) in [5.41, 5.74) is 1.35. The number of rotatable bonds is 9. The summed E-state index contributed by atoms with van der Waals surface area (Å²) in [6.45, 7) is 10.6. The van der Waals surface area contributed by atoms with Gasteiger partial charge < -0.3 is 20.3 Å². The lowest BCUT2D eigenvalue weighted by Gasteiger charge is -2.29. The number of aliphatic imine (C=N–C) groups is 1. The molecule has 0 spiro atoms. The van der Waals surface area contributed by atoms with Crippen molar-refractivity contribution in [2.24, 2.45) is 4.99 Å². The smallest absolute Gasteiger partial charge is 0.191 e. The average Bonchev–Trinajstić information content (AvgIpc) is 2.67. The van der Waals surface area contributed by atoms with Crippen molar-refractivity contribution in [3.05, 3.63) is 35.9 Å². The lowest BCUT2D eigenvalue weighted by Crippen LogP contribution is -2.43. The Balaban J connectivity index is 0.00000392. The van der Waals surface area contributed by atoms with Gasteiger partial charge >= 0.3 is 0 Å². The van der Waals surface area contributed by atoms with Crippen LogP contribution in [0.15, 0.2) is 35.3 Å². The van der Waals surface area contributed by atoms with E-state index in [0.717, 1.165) is 51.7 Å². The fourth-order valence-electron chi connectivity index (χ4n) is 3.16. The molecule has 0 radical (unpaired) electrons. The maximum absolute atomic E-state index is 5.80. The molecule has 0 amide bonds. The first kappa shape index (κ1) is 25.1. The molecule has 1 aliphatic heterocycles. The van der Waals surface area contributed by atoms with Crippen LogP contribution >= 0.6 is 24.0 Å². The molecular weight excluding hydrogens is 465 g/mol. The largest absolute Gasteiger partial charge is 0.374 e. The summed E-state index contributed by atoms with van der Waals surface area (Å²) in [5, 5.41) is 6.80. The molecule has 0 aromatic heterocycles. The standard InChI is InChI=1S/C21H37N5O.HI/c1-5-22-21(24-15-20-17-25(3)13-14-27-20)23-12-11-18(2)26(4)16-19-9-7-6-8-10-19;/h6-10,18,20H,5,11-17H2,1-4H3,(H2,22,23,24);1H. The maximum Gasteiger partial charge on any atom is 0.191 e. The van der Waals surface area contributed by atoms with Crippen molar-refractivity contribution in [1.29, 1.82) is 0 Å². The van der Waals surface area contributed by atoms with E-state index < -0.39 is 0 Å². The number of ether oxygens (including phenoxy) is 1. The molecule has 0 bridgehead atoms. The number of halogens is 1. The van der Waals surface area contributed by atoms with Crippen LogP contribution in [0.3, 0.4) is 0 Å². The number of guanidine groups is 1. The fraction of sp³-hybridized carbons (Fsp3) is 0.667. The monoisotopic (exact) mass is 503 g/mol. The summed E-state index contributed by atoms with van der Waals surface area (Å²) in [7, 11) is 4.32. The van der Waals surface area contributed by atoms with Gasteiger partial charge in [0.2, 0.25) is 0 Å². The zero-order valence-electron chi connectivity index (χ0n) is 17.9. The van der Waals surface area contributed by atoms with E-state index in [1.807, 2.05) is 0 Å². The van der Waals surface area contributed by atoms with Gasteiger partial charge in [0.1, 0.15) is 0 Å². The van der Waals surface area contributed by atoms with Gasteiger partial charge in [-0.3, -0.25) is 9.89 Å². The van der Waals surface area contributed by atoms with Crippen molar-refractivity contribution in [2.75, 3.05) is 53.4 Å². The van der Waals surface area contributed by atoms with E-state index in [4.69, 9.17) is 9.73 Å². The van der Waals surface area contributed by atoms with Crippen LogP contribution in [0.1, 0.15) is 25.8 Å². The van der Waals surface area contributed by atoms with E-state index in [1.165, 1.54) is 5.56 Å². The van der Waals surface area contributed by atoms with Gasteiger partial charge in [-0.2, -0.15) is 0 Å². The predicted molar refractivity (Wildman–Crippen MR) is 129 cm³/mol. The number of morpholine rings is 1. The van der Waals surface area contributed by atoms with Crippen molar-refractivity contribution in [3.8, 4) is 0 Å². The quantitative estimate of drug-likeness (QED) is 0.308. The van der Waals surface area contributed by atoms with Crippen LogP contribution in [0.5, 0.6) is 0 Å². The lowest BCUT2D eigenvalue weighted by molar-refractivity contribution is -0.0136. The molecule has 2 rings (SSSR count). The summed E-state index contributed by atoms with van der Waals surface area (Å²) >= 11 is 0. The van der Waals surface area contributed by atoms with E-state index in [-0.39, 0.29) is 30.1 Å². The molecule has 1 heterocycles. The summed E-state index contributed by atoms with van der Waals surface area (Å²) < 4.78 is 5.80. The van der Waals surface area contributed by atoms with Crippen LogP contribution < -0.4 is 10.6 Å². The molecule has 6 nitrogen and oxygen atoms in total. The van der Waals surface area contributed by atoms with Gasteiger partial charge in [0.05, 0.1) is 19.3 Å². The maximum atomic E-state index is 5.80. The Kier molecular flexibility index (Phi) is 12.7. The molecule has 1 saturated heterocycles. The van der Waals surface area contributed by atoms with Gasteiger partial charge in [0, 0.05) is 38.8 Å². The lowest BCUT2D eigenvalue weighted by atomic mass is 10.1. The van der Waals surface area contributed by atoms with Gasteiger partial charge in [-0.15, -0.1) is 24.0 Å². The van der Waals surface area contributed by atoms with Crippen LogP contribution in [0.25, 0.3) is 0 Å². The number of benzene rings is 1. The second-order valence-corrected chi connectivity index (χ2v) is 7.44. The first-order chi connectivity index (χ1) is 13.1. The van der Waals surface area contributed by atoms with E-state index >= 15 is 0 Å². The molecule has 7 heteroatoms. The van der Waals surface area contributed by atoms with Crippen molar-refractivity contribution < 1.29 is 4.74 Å². The Morgan fingerprint density at radius 3 is 2.75 bits per heavy atom. The molecule has 0 aliphatic carbocycles. The zero-order valence-corrected chi connectivity index (χ0v) is 20.2. The highest BCUT2D eigenvalue weighted by Crippen LogP contribution is 2.08. The van der Waals surface area contributed by atoms with Gasteiger partial charge in [0.15, 0.2) is 5.96 Å². The molecule has 2 N–H and O–H groups in total. The molecule has 160 valence electrons. The summed E-state index contributed by atoms with van der Waals surface area (Å²) in [5.74, 6) is 0.882. The van der Waals surface area contributed by atoms with Gasteiger partial charge in [-0.1, -0.05) is 30.3 Å². The number of hydrogen-bond donors (Lipinski definition) is 2. The third-order valence-electron chi connectivity index (χ3n) is 5.02. The third kappa shape index (κ3) is 9.54. The second kappa shape index (κ2) is 14.1. The van der Waals surface area contributed by atoms with Crippen molar-refractivity contribution in [1.82, 2.24) is 20.4 Å². The Bertz CT molecular complexity index is 557. The Hall–Kier alpha value is -0.900. The Morgan fingerprint density at radius 2 is 2.07 bits per heavy atom. The number of nitrogens with one attached hydrogen (secondary N) is 2. The first-order valence-corrected chi connectivity index (χ1v) is 10.1. The fourth-order valence-corrected chi connectivity index (χ4v) is 3.16. The molecule has 1 aliphatic rings. The number of nitrogens with zero attached hydrogens (tertiary/aromatic N) is 3. The van der Waals surface area contributed by atoms with Gasteiger partial charge in [0.25, 0.3) is 0 Å². The van der Waals surface area contributed by atoms with Crippen LogP contribution in [-0.4, -0.2) is 81.3 Å². The van der Waals surface area contributed by atoms with Crippen LogP contribution in [0, 0.1) is 0 Å². The molecule has 0 saturated carbocycles. The van der Waals surface area contributed by atoms with E-state index in [1.54, 1.807) is 0 Å². The highest BCUT2D eigenvalue weighted by atomic mass is 127. The zero-order chi connectivity index (χ0) is 19.5. The molecule has 2 unspecified atom stereocenters. The normalized spacial score (nSPS) is 19.2. The summed E-state index contributed by atoms with van der Waals surface area (Å²) in [6.07, 6.45) is 1.26. The van der Waals surface area contributed by atoms with Crippen LogP contribution in [0.4, 0.5) is 0 Å². The molecular formula is C21H38IN5O. The average molecular weight is 503 g/mol. The van der Waals surface area contributed by atoms with Crippen LogP contribution in [-0.2, 0) is 11.3 Å². The minimum absolute atomic E-state index is 0. The van der Waals surface area contributed by atoms with Crippen molar-refractivity contribution >= 4 is 29.9 Å². The first-order valence-electron chi connectivity index (χ1n) is 10.1. The minimum atomic E-state index is 0. The molecule has 2 atom stereocenters. The topological polar surface area (TPSA) is 52.1 Å². The van der Waals surface area contributed by atoms with Gasteiger partial charge in [-0.05, 0) is 39.9 Å². The SMILES string of the molecule is CCNC(=NCC1CN(C)CCO1)NCCC(C)N(C)Cc1ccccc1.I. The predicted octanol–water partition coefficient (Wildman–Crippen LogP) is 2.40. The molecule has 28 heavy (non-hydrogen) atoms. The highest BCUT2D eigenvalue weighted by molar-refractivity contribution is 14.0. The van der Waals surface area contributed by atoms with Crippen molar-refractivity contribution in [3.63, 3.8) is 0 Å². The second-order valence-electron chi connectivity index (χ2n) is 7.44. The Labute approximate surface area is 188 Å². The van der Waals surface area contributed by atoms with Crippen molar-refractivity contribution in [2.45, 2.75) is 39.0 Å². The van der Waals surface area contributed by atoms with E-state index in [9.17, 15) is 0 Å². The number of hydrogen-bond acceptors (Lipinski definition) is 4. The van der Waals surface area contributed by atoms with Gasteiger partial charge in [-0.25, -0.2) is 0 Å². The molecule has 1 aromatic carbocycles.